The number of aromatic nitrogens is 5. The number of nitrogens with zero attached hydrogens (tertiary/aromatic N) is 6. The number of nitrogens with one attached hydrogen (secondary N) is 1. The largest absolute Gasteiger partial charge is 0.444 e. The van der Waals surface area contributed by atoms with Crippen molar-refractivity contribution < 1.29 is 9.53 Å². The number of amides is 1. The summed E-state index contributed by atoms with van der Waals surface area (Å²) in [6.07, 6.45) is 8.92. The molecule has 0 bridgehead atoms. The van der Waals surface area contributed by atoms with Gasteiger partial charge in [0.15, 0.2) is 5.82 Å². The van der Waals surface area contributed by atoms with Gasteiger partial charge >= 0.3 is 6.09 Å². The molecule has 192 valence electrons. The topological polar surface area (TPSA) is 98.1 Å². The molecule has 0 spiro atoms. The molecule has 1 atom stereocenters. The molecular formula is C28H33N7O2. The molecule has 1 amide bonds. The first-order valence-corrected chi connectivity index (χ1v) is 12.7. The molecule has 1 aliphatic heterocycles. The highest BCUT2D eigenvalue weighted by molar-refractivity contribution is 5.88. The fraction of sp³-hybridized carbons (Fsp3) is 0.393. The predicted molar refractivity (Wildman–Crippen MR) is 143 cm³/mol. The van der Waals surface area contributed by atoms with Crippen LogP contribution in [0.1, 0.15) is 39.2 Å². The molecule has 1 aromatic carbocycles. The molecule has 37 heavy (non-hydrogen) atoms. The van der Waals surface area contributed by atoms with Crippen molar-refractivity contribution in [3.05, 3.63) is 66.7 Å². The summed E-state index contributed by atoms with van der Waals surface area (Å²) in [5, 5.41) is 8.04. The van der Waals surface area contributed by atoms with Crippen molar-refractivity contribution >= 4 is 22.9 Å². The summed E-state index contributed by atoms with van der Waals surface area (Å²) in [7, 11) is 0. The third-order valence-electron chi connectivity index (χ3n) is 6.30. The normalized spacial score (nSPS) is 16.1. The van der Waals surface area contributed by atoms with Crippen LogP contribution in [0.15, 0.2) is 61.2 Å². The van der Waals surface area contributed by atoms with Crippen LogP contribution in [0, 0.1) is 5.92 Å². The van der Waals surface area contributed by atoms with Gasteiger partial charge in [-0.15, -0.1) is 0 Å². The van der Waals surface area contributed by atoms with Gasteiger partial charge in [-0.25, -0.2) is 14.8 Å². The van der Waals surface area contributed by atoms with Gasteiger partial charge in [-0.2, -0.15) is 5.10 Å². The Morgan fingerprint density at radius 2 is 1.97 bits per heavy atom. The van der Waals surface area contributed by atoms with E-state index in [1.54, 1.807) is 12.4 Å². The number of anilines is 1. The van der Waals surface area contributed by atoms with Gasteiger partial charge < -0.3 is 15.0 Å². The van der Waals surface area contributed by atoms with E-state index in [2.05, 4.69) is 32.5 Å². The molecule has 1 aliphatic rings. The van der Waals surface area contributed by atoms with E-state index in [-0.39, 0.29) is 12.0 Å². The third kappa shape index (κ3) is 6.22. The Hall–Kier alpha value is -4.01. The predicted octanol–water partition coefficient (Wildman–Crippen LogP) is 5.00. The molecule has 4 aromatic rings. The van der Waals surface area contributed by atoms with Gasteiger partial charge in [0, 0.05) is 43.8 Å². The van der Waals surface area contributed by atoms with Crippen LogP contribution in [0.3, 0.4) is 0 Å². The van der Waals surface area contributed by atoms with Crippen molar-refractivity contribution in [2.24, 2.45) is 5.92 Å². The number of fused-ring (bicyclic) bond motifs is 1. The van der Waals surface area contributed by atoms with Crippen molar-refractivity contribution in [1.82, 2.24) is 29.6 Å². The maximum atomic E-state index is 12.6. The summed E-state index contributed by atoms with van der Waals surface area (Å²) in [5.41, 5.74) is 3.88. The summed E-state index contributed by atoms with van der Waals surface area (Å²) < 4.78 is 7.49. The van der Waals surface area contributed by atoms with E-state index in [0.29, 0.717) is 25.5 Å². The fourth-order valence-corrected chi connectivity index (χ4v) is 4.56. The van der Waals surface area contributed by atoms with E-state index in [1.165, 1.54) is 5.56 Å². The number of carbonyl (C=O) groups excluding carboxylic acids is 1. The smallest absolute Gasteiger partial charge is 0.410 e. The lowest BCUT2D eigenvalue weighted by Gasteiger charge is -2.34. The number of carbonyl (C=O) groups is 1. The van der Waals surface area contributed by atoms with E-state index in [9.17, 15) is 4.79 Å². The highest BCUT2D eigenvalue weighted by Crippen LogP contribution is 2.26. The number of hydrogen-bond acceptors (Lipinski definition) is 7. The van der Waals surface area contributed by atoms with E-state index >= 15 is 0 Å². The van der Waals surface area contributed by atoms with Crippen molar-refractivity contribution in [2.45, 2.75) is 45.8 Å². The van der Waals surface area contributed by atoms with E-state index in [1.807, 2.05) is 67.0 Å². The summed E-state index contributed by atoms with van der Waals surface area (Å²) >= 11 is 0. The minimum atomic E-state index is -0.501. The first-order chi connectivity index (χ1) is 17.8. The zero-order chi connectivity index (χ0) is 25.8. The lowest BCUT2D eigenvalue weighted by atomic mass is 9.98. The Morgan fingerprint density at radius 3 is 2.78 bits per heavy atom. The molecule has 5 rings (SSSR count). The molecule has 4 heterocycles. The van der Waals surface area contributed by atoms with Crippen molar-refractivity contribution in [3.8, 4) is 11.3 Å². The minimum absolute atomic E-state index is 0.249. The number of rotatable bonds is 6. The summed E-state index contributed by atoms with van der Waals surface area (Å²) in [6.45, 7) is 8.42. The third-order valence-corrected chi connectivity index (χ3v) is 6.30. The van der Waals surface area contributed by atoms with E-state index in [0.717, 1.165) is 41.7 Å². The van der Waals surface area contributed by atoms with Crippen LogP contribution < -0.4 is 5.32 Å². The van der Waals surface area contributed by atoms with Gasteiger partial charge in [-0.05, 0) is 51.2 Å². The van der Waals surface area contributed by atoms with Gasteiger partial charge in [-0.3, -0.25) is 9.67 Å². The van der Waals surface area contributed by atoms with E-state index in [4.69, 9.17) is 9.72 Å². The van der Waals surface area contributed by atoms with Gasteiger partial charge in [0.25, 0.3) is 0 Å². The molecule has 1 N–H and O–H groups in total. The lowest BCUT2D eigenvalue weighted by molar-refractivity contribution is 0.0172. The minimum Gasteiger partial charge on any atom is -0.444 e. The van der Waals surface area contributed by atoms with Gasteiger partial charge in [-0.1, -0.05) is 30.3 Å². The Balaban J connectivity index is 1.32. The number of piperidine rings is 1. The molecular weight excluding hydrogens is 466 g/mol. The maximum Gasteiger partial charge on any atom is 0.410 e. The molecule has 9 heteroatoms. The average Bonchev–Trinajstić information content (AvgIpc) is 3.35. The summed E-state index contributed by atoms with van der Waals surface area (Å²) in [5.74, 6) is 0.970. The molecule has 0 aliphatic carbocycles. The fourth-order valence-electron chi connectivity index (χ4n) is 4.56. The number of hydrogen-bond donors (Lipinski definition) is 1. The molecule has 1 fully saturated rings. The standard InChI is InChI=1S/C28H33N7O2/c1-28(2,3)37-27(36)34-13-7-10-21(17-34)15-31-26-25-24(29-11-12-30-25)14-23(33-26)22-16-32-35(19-22)18-20-8-5-4-6-9-20/h4-6,8-9,11-12,14,16,19,21H,7,10,13,15,17-18H2,1-3H3,(H,31,33)/t21-/m1/s1. The second kappa shape index (κ2) is 10.5. The van der Waals surface area contributed by atoms with Crippen LogP contribution >= 0.6 is 0 Å². The number of ether oxygens (including phenoxy) is 1. The van der Waals surface area contributed by atoms with Gasteiger partial charge in [0.1, 0.15) is 11.1 Å². The highest BCUT2D eigenvalue weighted by atomic mass is 16.6. The molecule has 1 saturated heterocycles. The van der Waals surface area contributed by atoms with Crippen molar-refractivity contribution in [2.75, 3.05) is 25.0 Å². The SMILES string of the molecule is CC(C)(C)OC(=O)N1CCC[C@H](CNc2nc(-c3cnn(Cc4ccccc4)c3)cc3nccnc23)C1. The summed E-state index contributed by atoms with van der Waals surface area (Å²) in [4.78, 5) is 28.3. The number of benzene rings is 1. The second-order valence-corrected chi connectivity index (χ2v) is 10.5. The Morgan fingerprint density at radius 1 is 1.16 bits per heavy atom. The zero-order valence-electron chi connectivity index (χ0n) is 21.6. The van der Waals surface area contributed by atoms with Crippen molar-refractivity contribution in [3.63, 3.8) is 0 Å². The zero-order valence-corrected chi connectivity index (χ0v) is 21.6. The van der Waals surface area contributed by atoms with Crippen LogP contribution in [0.4, 0.5) is 10.6 Å². The van der Waals surface area contributed by atoms with Crippen LogP contribution in [-0.2, 0) is 11.3 Å². The monoisotopic (exact) mass is 499 g/mol. The molecule has 0 unspecified atom stereocenters. The molecule has 0 radical (unpaired) electrons. The molecule has 0 saturated carbocycles. The van der Waals surface area contributed by atoms with Crippen LogP contribution in [0.5, 0.6) is 0 Å². The van der Waals surface area contributed by atoms with Gasteiger partial charge in [0.2, 0.25) is 0 Å². The molecule has 3 aromatic heterocycles. The quantitative estimate of drug-likeness (QED) is 0.399. The van der Waals surface area contributed by atoms with Crippen LogP contribution in [-0.4, -0.2) is 61.0 Å². The first kappa shape index (κ1) is 24.7. The van der Waals surface area contributed by atoms with Crippen molar-refractivity contribution in [1.29, 1.82) is 0 Å². The number of likely N-dealkylation sites (tertiary alicyclic amines) is 1. The van der Waals surface area contributed by atoms with Gasteiger partial charge in [0.05, 0.1) is 24.0 Å². The van der Waals surface area contributed by atoms with Crippen LogP contribution in [0.25, 0.3) is 22.3 Å². The Bertz CT molecular complexity index is 1360. The lowest BCUT2D eigenvalue weighted by Crippen LogP contribution is -2.44. The molecule has 9 nitrogen and oxygen atoms in total. The van der Waals surface area contributed by atoms with E-state index < -0.39 is 5.60 Å². The highest BCUT2D eigenvalue weighted by Gasteiger charge is 2.27. The average molecular weight is 500 g/mol. The second-order valence-electron chi connectivity index (χ2n) is 10.5. The first-order valence-electron chi connectivity index (χ1n) is 12.7. The van der Waals surface area contributed by atoms with Crippen LogP contribution in [0.2, 0.25) is 0 Å². The Kier molecular flexibility index (Phi) is 7.03. The summed E-state index contributed by atoms with van der Waals surface area (Å²) in [6, 6.07) is 12.2. The number of pyridine rings is 1. The maximum absolute atomic E-state index is 12.6. The Labute approximate surface area is 216 Å².